The van der Waals surface area contributed by atoms with Gasteiger partial charge in [0.2, 0.25) is 0 Å². The Morgan fingerprint density at radius 2 is 1.85 bits per heavy atom. The maximum atomic E-state index is 12.1. The highest BCUT2D eigenvalue weighted by molar-refractivity contribution is 6.39. The number of anilines is 1. The van der Waals surface area contributed by atoms with Crippen LogP contribution in [0.3, 0.4) is 0 Å². The second kappa shape index (κ2) is 9.65. The number of hydrogen-bond donors (Lipinski definition) is 2. The molecule has 2 N–H and O–H groups in total. The number of methoxy groups -OCH3 is 1. The average Bonchev–Trinajstić information content (AvgIpc) is 2.67. The first-order valence-electron chi connectivity index (χ1n) is 8.69. The molecule has 142 valence electrons. The molecule has 8 nitrogen and oxygen atoms in total. The predicted molar refractivity (Wildman–Crippen MR) is 96.0 cm³/mol. The lowest BCUT2D eigenvalue weighted by molar-refractivity contribution is -0.136. The largest absolute Gasteiger partial charge is 0.492 e. The van der Waals surface area contributed by atoms with Crippen LogP contribution in [0.4, 0.5) is 10.5 Å². The predicted octanol–water partition coefficient (Wildman–Crippen LogP) is 1.62. The lowest BCUT2D eigenvalue weighted by Gasteiger charge is -2.30. The number of para-hydroxylation sites is 2. The second-order valence-electron chi connectivity index (χ2n) is 5.99. The van der Waals surface area contributed by atoms with Gasteiger partial charge in [0.1, 0.15) is 5.75 Å². The molecule has 2 rings (SSSR count). The van der Waals surface area contributed by atoms with E-state index in [0.717, 1.165) is 12.8 Å². The van der Waals surface area contributed by atoms with Crippen LogP contribution in [-0.4, -0.2) is 56.2 Å². The highest BCUT2D eigenvalue weighted by Crippen LogP contribution is 2.23. The second-order valence-corrected chi connectivity index (χ2v) is 5.99. The average molecular weight is 363 g/mol. The zero-order valence-electron chi connectivity index (χ0n) is 15.1. The van der Waals surface area contributed by atoms with Crippen molar-refractivity contribution >= 4 is 23.6 Å². The number of nitrogens with one attached hydrogen (secondary N) is 2. The monoisotopic (exact) mass is 363 g/mol. The van der Waals surface area contributed by atoms with Gasteiger partial charge in [-0.05, 0) is 37.8 Å². The number of hydrogen-bond acceptors (Lipinski definition) is 5. The summed E-state index contributed by atoms with van der Waals surface area (Å²) >= 11 is 0. The Morgan fingerprint density at radius 3 is 2.50 bits per heavy atom. The molecule has 1 aliphatic heterocycles. The summed E-state index contributed by atoms with van der Waals surface area (Å²) in [6, 6.07) is 6.96. The fraction of sp³-hybridized carbons (Fsp3) is 0.500. The quantitative estimate of drug-likeness (QED) is 0.775. The molecule has 3 amide bonds. The van der Waals surface area contributed by atoms with Crippen LogP contribution in [-0.2, 0) is 14.3 Å². The van der Waals surface area contributed by atoms with Crippen LogP contribution >= 0.6 is 0 Å². The Morgan fingerprint density at radius 1 is 1.15 bits per heavy atom. The minimum Gasteiger partial charge on any atom is -0.492 e. The smallest absolute Gasteiger partial charge is 0.409 e. The summed E-state index contributed by atoms with van der Waals surface area (Å²) in [6.45, 7) is 3.87. The van der Waals surface area contributed by atoms with Gasteiger partial charge in [0.15, 0.2) is 0 Å². The number of benzene rings is 1. The summed E-state index contributed by atoms with van der Waals surface area (Å²) in [5.41, 5.74) is 0.459. The maximum absolute atomic E-state index is 12.1. The molecule has 0 atom stereocenters. The van der Waals surface area contributed by atoms with Crippen LogP contribution in [0.25, 0.3) is 0 Å². The molecule has 0 saturated carbocycles. The van der Waals surface area contributed by atoms with Gasteiger partial charge in [-0.25, -0.2) is 4.79 Å². The summed E-state index contributed by atoms with van der Waals surface area (Å²) in [5, 5.41) is 5.22. The minimum absolute atomic E-state index is 0.225. The molecule has 1 saturated heterocycles. The highest BCUT2D eigenvalue weighted by Gasteiger charge is 2.24. The van der Waals surface area contributed by atoms with E-state index in [-0.39, 0.29) is 12.0 Å². The number of nitrogens with zero attached hydrogens (tertiary/aromatic N) is 1. The number of amides is 3. The number of likely N-dealkylation sites (tertiary alicyclic amines) is 1. The maximum Gasteiger partial charge on any atom is 0.409 e. The van der Waals surface area contributed by atoms with Gasteiger partial charge in [-0.1, -0.05) is 12.1 Å². The van der Waals surface area contributed by atoms with E-state index in [1.807, 2.05) is 6.92 Å². The molecule has 0 aromatic heterocycles. The molecule has 1 aliphatic rings. The van der Waals surface area contributed by atoms with Crippen molar-refractivity contribution in [3.05, 3.63) is 24.3 Å². The lowest BCUT2D eigenvalue weighted by Crippen LogP contribution is -2.43. The molecule has 0 spiro atoms. The molecule has 26 heavy (non-hydrogen) atoms. The van der Waals surface area contributed by atoms with Gasteiger partial charge in [-0.15, -0.1) is 0 Å². The lowest BCUT2D eigenvalue weighted by atomic mass is 9.97. The molecule has 0 aliphatic carbocycles. The molecule has 0 unspecified atom stereocenters. The van der Waals surface area contributed by atoms with Crippen LogP contribution in [0.2, 0.25) is 0 Å². The summed E-state index contributed by atoms with van der Waals surface area (Å²) in [5.74, 6) is -0.675. The van der Waals surface area contributed by atoms with Crippen molar-refractivity contribution in [2.24, 2.45) is 5.92 Å². The Kier molecular flexibility index (Phi) is 7.25. The van der Waals surface area contributed by atoms with Gasteiger partial charge in [-0.2, -0.15) is 0 Å². The standard InChI is InChI=1S/C18H25N3O5/c1-3-26-15-7-5-4-6-14(15)20-17(23)16(22)19-12-13-8-10-21(11-9-13)18(24)25-2/h4-7,13H,3,8-12H2,1-2H3,(H,19,22)(H,20,23). The Hall–Kier alpha value is -2.77. The van der Waals surface area contributed by atoms with Crippen LogP contribution < -0.4 is 15.4 Å². The summed E-state index contributed by atoms with van der Waals surface area (Å²) in [4.78, 5) is 37.2. The van der Waals surface area contributed by atoms with E-state index in [1.165, 1.54) is 7.11 Å². The van der Waals surface area contributed by atoms with E-state index in [4.69, 9.17) is 9.47 Å². The van der Waals surface area contributed by atoms with E-state index in [9.17, 15) is 14.4 Å². The SMILES string of the molecule is CCOc1ccccc1NC(=O)C(=O)NCC1CCN(C(=O)OC)CC1. The van der Waals surface area contributed by atoms with Gasteiger partial charge in [0.05, 0.1) is 19.4 Å². The van der Waals surface area contributed by atoms with Crippen molar-refractivity contribution < 1.29 is 23.9 Å². The fourth-order valence-electron chi connectivity index (χ4n) is 2.80. The molecule has 1 aromatic rings. The highest BCUT2D eigenvalue weighted by atomic mass is 16.5. The van der Waals surface area contributed by atoms with Crippen molar-refractivity contribution in [1.82, 2.24) is 10.2 Å². The van der Waals surface area contributed by atoms with Crippen LogP contribution in [0.15, 0.2) is 24.3 Å². The minimum atomic E-state index is -0.732. The third-order valence-corrected chi connectivity index (χ3v) is 4.24. The van der Waals surface area contributed by atoms with Crippen LogP contribution in [0.5, 0.6) is 5.75 Å². The Bertz CT molecular complexity index is 641. The van der Waals surface area contributed by atoms with Crippen molar-refractivity contribution in [2.75, 3.05) is 38.7 Å². The topological polar surface area (TPSA) is 97.0 Å². The molecule has 1 heterocycles. The number of carbonyl (C=O) groups excluding carboxylic acids is 3. The molecule has 1 fully saturated rings. The number of ether oxygens (including phenoxy) is 2. The number of carbonyl (C=O) groups is 3. The van der Waals surface area contributed by atoms with E-state index in [1.54, 1.807) is 29.2 Å². The van der Waals surface area contributed by atoms with Crippen molar-refractivity contribution in [2.45, 2.75) is 19.8 Å². The van der Waals surface area contributed by atoms with Crippen molar-refractivity contribution in [3.63, 3.8) is 0 Å². The number of piperidine rings is 1. The summed E-state index contributed by atoms with van der Waals surface area (Å²) < 4.78 is 10.1. The molecule has 0 radical (unpaired) electrons. The Labute approximate surface area is 152 Å². The van der Waals surface area contributed by atoms with Crippen molar-refractivity contribution in [3.8, 4) is 5.75 Å². The first-order chi connectivity index (χ1) is 12.5. The third kappa shape index (κ3) is 5.37. The molecule has 0 bridgehead atoms. The Balaban J connectivity index is 1.78. The normalized spacial score (nSPS) is 14.5. The van der Waals surface area contributed by atoms with E-state index >= 15 is 0 Å². The molecule has 8 heteroatoms. The third-order valence-electron chi connectivity index (χ3n) is 4.24. The van der Waals surface area contributed by atoms with Gasteiger partial charge in [-0.3, -0.25) is 9.59 Å². The van der Waals surface area contributed by atoms with Gasteiger partial charge in [0.25, 0.3) is 0 Å². The van der Waals surface area contributed by atoms with E-state index < -0.39 is 11.8 Å². The molecular formula is C18H25N3O5. The first-order valence-corrected chi connectivity index (χ1v) is 8.69. The zero-order valence-corrected chi connectivity index (χ0v) is 15.1. The van der Waals surface area contributed by atoms with E-state index in [2.05, 4.69) is 10.6 Å². The van der Waals surface area contributed by atoms with Gasteiger partial charge < -0.3 is 25.0 Å². The summed E-state index contributed by atoms with van der Waals surface area (Å²) in [6.07, 6.45) is 1.17. The van der Waals surface area contributed by atoms with Crippen LogP contribution in [0.1, 0.15) is 19.8 Å². The summed E-state index contributed by atoms with van der Waals surface area (Å²) in [7, 11) is 1.36. The number of rotatable bonds is 5. The zero-order chi connectivity index (χ0) is 18.9. The van der Waals surface area contributed by atoms with Crippen molar-refractivity contribution in [1.29, 1.82) is 0 Å². The molecule has 1 aromatic carbocycles. The fourth-order valence-corrected chi connectivity index (χ4v) is 2.80. The first kappa shape index (κ1) is 19.6. The van der Waals surface area contributed by atoms with Gasteiger partial charge >= 0.3 is 17.9 Å². The molecular weight excluding hydrogens is 338 g/mol. The van der Waals surface area contributed by atoms with Crippen LogP contribution in [0, 0.1) is 5.92 Å². The van der Waals surface area contributed by atoms with E-state index in [0.29, 0.717) is 37.7 Å². The van der Waals surface area contributed by atoms with Gasteiger partial charge in [0, 0.05) is 19.6 Å².